The monoisotopic (exact) mass is 207 g/mol. The molecule has 0 saturated carbocycles. The maximum atomic E-state index is 12.0. The van der Waals surface area contributed by atoms with Crippen molar-refractivity contribution < 1.29 is 9.32 Å². The van der Waals surface area contributed by atoms with Gasteiger partial charge in [-0.05, 0) is 6.92 Å². The predicted molar refractivity (Wildman–Crippen MR) is 52.4 cm³/mol. The number of hydrogen-bond acceptors (Lipinski definition) is 4. The highest BCUT2D eigenvalue weighted by atomic mass is 16.5. The Labute approximate surface area is 87.4 Å². The Bertz CT molecular complexity index is 401. The van der Waals surface area contributed by atoms with Crippen molar-refractivity contribution in [3.63, 3.8) is 0 Å². The SMILES string of the molecule is Cc1nocc1C(=O)N1CC2CNCC21. The topological polar surface area (TPSA) is 58.4 Å². The minimum Gasteiger partial charge on any atom is -0.364 e. The number of likely N-dealkylation sites (tertiary alicyclic amines) is 1. The molecule has 0 aromatic carbocycles. The van der Waals surface area contributed by atoms with Crippen LogP contribution in [0, 0.1) is 12.8 Å². The lowest BCUT2D eigenvalue weighted by atomic mass is 9.91. The van der Waals surface area contributed by atoms with E-state index in [1.165, 1.54) is 6.26 Å². The van der Waals surface area contributed by atoms with E-state index < -0.39 is 0 Å². The van der Waals surface area contributed by atoms with Crippen molar-refractivity contribution in [3.05, 3.63) is 17.5 Å². The molecule has 5 nitrogen and oxygen atoms in total. The number of amides is 1. The molecule has 2 aliphatic rings. The number of fused-ring (bicyclic) bond motifs is 1. The van der Waals surface area contributed by atoms with E-state index in [0.29, 0.717) is 23.2 Å². The summed E-state index contributed by atoms with van der Waals surface area (Å²) in [4.78, 5) is 14.0. The van der Waals surface area contributed by atoms with Crippen LogP contribution in [0.5, 0.6) is 0 Å². The number of aryl methyl sites for hydroxylation is 1. The molecule has 0 spiro atoms. The summed E-state index contributed by atoms with van der Waals surface area (Å²) in [5.41, 5.74) is 1.27. The summed E-state index contributed by atoms with van der Waals surface area (Å²) < 4.78 is 4.78. The standard InChI is InChI=1S/C10H13N3O2/c1-6-8(5-15-12-6)10(14)13-4-7-2-11-3-9(7)13/h5,7,9,11H,2-4H2,1H3. The minimum absolute atomic E-state index is 0.0544. The van der Waals surface area contributed by atoms with Crippen molar-refractivity contribution in [1.82, 2.24) is 15.4 Å². The number of nitrogens with one attached hydrogen (secondary N) is 1. The molecule has 2 fully saturated rings. The van der Waals surface area contributed by atoms with E-state index in [0.717, 1.165) is 19.6 Å². The zero-order chi connectivity index (χ0) is 10.4. The van der Waals surface area contributed by atoms with Crippen molar-refractivity contribution in [1.29, 1.82) is 0 Å². The molecule has 0 aliphatic carbocycles. The Morgan fingerprint density at radius 2 is 2.53 bits per heavy atom. The Morgan fingerprint density at radius 1 is 1.67 bits per heavy atom. The number of rotatable bonds is 1. The van der Waals surface area contributed by atoms with Crippen LogP contribution in [0.25, 0.3) is 0 Å². The molecule has 2 saturated heterocycles. The number of hydrogen-bond donors (Lipinski definition) is 1. The van der Waals surface area contributed by atoms with Gasteiger partial charge < -0.3 is 14.7 Å². The van der Waals surface area contributed by atoms with Gasteiger partial charge in [-0.2, -0.15) is 0 Å². The average molecular weight is 207 g/mol. The van der Waals surface area contributed by atoms with Gasteiger partial charge in [0.05, 0.1) is 11.7 Å². The van der Waals surface area contributed by atoms with Crippen LogP contribution in [0.1, 0.15) is 16.1 Å². The molecule has 1 aromatic rings. The summed E-state index contributed by atoms with van der Waals surface area (Å²) in [6.07, 6.45) is 1.44. The third-order valence-corrected chi connectivity index (χ3v) is 3.38. The zero-order valence-electron chi connectivity index (χ0n) is 8.56. The first-order valence-electron chi connectivity index (χ1n) is 5.20. The van der Waals surface area contributed by atoms with Gasteiger partial charge in [0.15, 0.2) is 0 Å². The summed E-state index contributed by atoms with van der Waals surface area (Å²) in [5, 5.41) is 7.02. The van der Waals surface area contributed by atoms with Crippen LogP contribution in [-0.2, 0) is 0 Å². The second-order valence-electron chi connectivity index (χ2n) is 4.26. The average Bonchev–Trinajstić information content (AvgIpc) is 2.74. The van der Waals surface area contributed by atoms with Crippen molar-refractivity contribution >= 4 is 5.91 Å². The lowest BCUT2D eigenvalue weighted by molar-refractivity contribution is 0.0326. The molecule has 1 aromatic heterocycles. The van der Waals surface area contributed by atoms with Gasteiger partial charge in [0.1, 0.15) is 11.8 Å². The summed E-state index contributed by atoms with van der Waals surface area (Å²) >= 11 is 0. The van der Waals surface area contributed by atoms with Crippen LogP contribution in [0.15, 0.2) is 10.8 Å². The lowest BCUT2D eigenvalue weighted by Gasteiger charge is -2.43. The molecule has 0 bridgehead atoms. The van der Waals surface area contributed by atoms with Crippen molar-refractivity contribution in [2.45, 2.75) is 13.0 Å². The Morgan fingerprint density at radius 3 is 3.20 bits per heavy atom. The quantitative estimate of drug-likeness (QED) is 0.705. The molecule has 2 atom stereocenters. The van der Waals surface area contributed by atoms with E-state index in [1.54, 1.807) is 6.92 Å². The van der Waals surface area contributed by atoms with Gasteiger partial charge in [-0.3, -0.25) is 4.79 Å². The van der Waals surface area contributed by atoms with Crippen LogP contribution in [0.3, 0.4) is 0 Å². The number of carbonyl (C=O) groups excluding carboxylic acids is 1. The van der Waals surface area contributed by atoms with Crippen LogP contribution in [-0.4, -0.2) is 41.6 Å². The molecular formula is C10H13N3O2. The second-order valence-corrected chi connectivity index (χ2v) is 4.26. The number of carbonyl (C=O) groups is 1. The molecule has 80 valence electrons. The maximum Gasteiger partial charge on any atom is 0.259 e. The smallest absolute Gasteiger partial charge is 0.259 e. The Balaban J connectivity index is 1.79. The summed E-state index contributed by atoms with van der Waals surface area (Å²) in [7, 11) is 0. The van der Waals surface area contributed by atoms with Gasteiger partial charge in [0.25, 0.3) is 5.91 Å². The van der Waals surface area contributed by atoms with Crippen LogP contribution in [0.2, 0.25) is 0 Å². The van der Waals surface area contributed by atoms with Gasteiger partial charge in [-0.1, -0.05) is 5.16 Å². The molecule has 2 aliphatic heterocycles. The van der Waals surface area contributed by atoms with Crippen LogP contribution < -0.4 is 5.32 Å². The molecule has 5 heteroatoms. The summed E-state index contributed by atoms with van der Waals surface area (Å²) in [6, 6.07) is 0.381. The largest absolute Gasteiger partial charge is 0.364 e. The van der Waals surface area contributed by atoms with Crippen molar-refractivity contribution in [2.75, 3.05) is 19.6 Å². The van der Waals surface area contributed by atoms with Crippen molar-refractivity contribution in [3.8, 4) is 0 Å². The molecule has 0 radical (unpaired) electrons. The lowest BCUT2D eigenvalue weighted by Crippen LogP contribution is -2.58. The highest BCUT2D eigenvalue weighted by Gasteiger charge is 2.45. The Kier molecular flexibility index (Phi) is 1.82. The molecule has 1 N–H and O–H groups in total. The highest BCUT2D eigenvalue weighted by Crippen LogP contribution is 2.29. The predicted octanol–water partition coefficient (Wildman–Crippen LogP) is 0.0268. The third-order valence-electron chi connectivity index (χ3n) is 3.38. The van der Waals surface area contributed by atoms with E-state index in [1.807, 2.05) is 4.90 Å². The molecule has 1 amide bonds. The minimum atomic E-state index is 0.0544. The fourth-order valence-corrected chi connectivity index (χ4v) is 2.41. The fraction of sp³-hybridized carbons (Fsp3) is 0.600. The maximum absolute atomic E-state index is 12.0. The summed E-state index contributed by atoms with van der Waals surface area (Å²) in [5.74, 6) is 0.702. The first-order valence-corrected chi connectivity index (χ1v) is 5.20. The van der Waals surface area contributed by atoms with Gasteiger partial charge in [-0.15, -0.1) is 0 Å². The molecule has 2 unspecified atom stereocenters. The normalized spacial score (nSPS) is 28.7. The first kappa shape index (κ1) is 8.91. The van der Waals surface area contributed by atoms with E-state index in [-0.39, 0.29) is 5.91 Å². The Hall–Kier alpha value is -1.36. The van der Waals surface area contributed by atoms with Gasteiger partial charge in [0, 0.05) is 25.6 Å². The van der Waals surface area contributed by atoms with Crippen LogP contribution >= 0.6 is 0 Å². The van der Waals surface area contributed by atoms with E-state index in [9.17, 15) is 4.79 Å². The van der Waals surface area contributed by atoms with E-state index >= 15 is 0 Å². The molecular weight excluding hydrogens is 194 g/mol. The molecule has 3 heterocycles. The fourth-order valence-electron chi connectivity index (χ4n) is 2.41. The van der Waals surface area contributed by atoms with Gasteiger partial charge in [0.2, 0.25) is 0 Å². The van der Waals surface area contributed by atoms with Gasteiger partial charge in [-0.25, -0.2) is 0 Å². The third kappa shape index (κ3) is 1.19. The number of nitrogens with zero attached hydrogens (tertiary/aromatic N) is 2. The molecule has 15 heavy (non-hydrogen) atoms. The van der Waals surface area contributed by atoms with Gasteiger partial charge >= 0.3 is 0 Å². The van der Waals surface area contributed by atoms with E-state index in [4.69, 9.17) is 4.52 Å². The molecule has 3 rings (SSSR count). The second kappa shape index (κ2) is 3.06. The van der Waals surface area contributed by atoms with E-state index in [2.05, 4.69) is 10.5 Å². The number of aromatic nitrogens is 1. The summed E-state index contributed by atoms with van der Waals surface area (Å²) in [6.45, 7) is 4.61. The first-order chi connectivity index (χ1) is 7.27. The van der Waals surface area contributed by atoms with Crippen LogP contribution in [0.4, 0.5) is 0 Å². The highest BCUT2D eigenvalue weighted by molar-refractivity contribution is 5.95. The zero-order valence-corrected chi connectivity index (χ0v) is 8.56. The van der Waals surface area contributed by atoms with Crippen molar-refractivity contribution in [2.24, 2.45) is 5.92 Å².